The van der Waals surface area contributed by atoms with E-state index in [0.29, 0.717) is 12.1 Å². The van der Waals surface area contributed by atoms with Gasteiger partial charge in [0.2, 0.25) is 0 Å². The highest BCUT2D eigenvalue weighted by atomic mass is 16.5. The monoisotopic (exact) mass is 292 g/mol. The summed E-state index contributed by atoms with van der Waals surface area (Å²) in [4.78, 5) is 9.32. The van der Waals surface area contributed by atoms with E-state index in [1.807, 2.05) is 0 Å². The van der Waals surface area contributed by atoms with Crippen LogP contribution in [0.4, 0.5) is 11.6 Å². The number of rotatable bonds is 8. The van der Waals surface area contributed by atoms with Gasteiger partial charge in [-0.2, -0.15) is 0 Å². The molecule has 1 aromatic rings. The van der Waals surface area contributed by atoms with Crippen molar-refractivity contribution in [3.05, 3.63) is 11.4 Å². The highest BCUT2D eigenvalue weighted by Crippen LogP contribution is 2.29. The zero-order chi connectivity index (χ0) is 15.2. The van der Waals surface area contributed by atoms with E-state index in [1.165, 1.54) is 0 Å². The Morgan fingerprint density at radius 1 is 1.14 bits per heavy atom. The highest BCUT2D eigenvalue weighted by Gasteiger charge is 2.30. The van der Waals surface area contributed by atoms with Crippen molar-refractivity contribution >= 4 is 11.6 Å². The second kappa shape index (κ2) is 7.59. The molecule has 118 valence electrons. The van der Waals surface area contributed by atoms with Crippen LogP contribution >= 0.6 is 0 Å². The second-order valence-corrected chi connectivity index (χ2v) is 5.63. The lowest BCUT2D eigenvalue weighted by Gasteiger charge is -2.36. The molecule has 2 N–H and O–H groups in total. The molecule has 0 unspecified atom stereocenters. The first-order chi connectivity index (χ1) is 10.2. The molecule has 1 aliphatic rings. The van der Waals surface area contributed by atoms with Crippen molar-refractivity contribution in [2.45, 2.75) is 65.5 Å². The van der Waals surface area contributed by atoms with E-state index >= 15 is 0 Å². The van der Waals surface area contributed by atoms with Gasteiger partial charge in [0.25, 0.3) is 0 Å². The van der Waals surface area contributed by atoms with Crippen LogP contribution in [0.5, 0.6) is 0 Å². The molecule has 0 aromatic carbocycles. The summed E-state index contributed by atoms with van der Waals surface area (Å²) in [6, 6.07) is 0.471. The van der Waals surface area contributed by atoms with Crippen LogP contribution in [0.15, 0.2) is 0 Å². The van der Waals surface area contributed by atoms with Gasteiger partial charge in [-0.15, -0.1) is 0 Å². The lowest BCUT2D eigenvalue weighted by molar-refractivity contribution is 0.00291. The van der Waals surface area contributed by atoms with E-state index in [4.69, 9.17) is 9.72 Å². The number of hydrogen-bond acceptors (Lipinski definition) is 5. The van der Waals surface area contributed by atoms with Crippen LogP contribution in [-0.4, -0.2) is 35.3 Å². The molecule has 1 aliphatic carbocycles. The van der Waals surface area contributed by atoms with Gasteiger partial charge in [-0.3, -0.25) is 0 Å². The Hall–Kier alpha value is -1.36. The number of anilines is 2. The van der Waals surface area contributed by atoms with Gasteiger partial charge < -0.3 is 15.4 Å². The molecular formula is C16H28N4O. The molecular weight excluding hydrogens is 264 g/mol. The molecule has 2 rings (SSSR count). The summed E-state index contributed by atoms with van der Waals surface area (Å²) in [6.07, 6.45) is 4.52. The summed E-state index contributed by atoms with van der Waals surface area (Å²) in [5, 5.41) is 6.90. The molecule has 0 atom stereocenters. The molecule has 5 heteroatoms. The number of aryl methyl sites for hydroxylation is 1. The van der Waals surface area contributed by atoms with Crippen molar-refractivity contribution in [1.29, 1.82) is 0 Å². The topological polar surface area (TPSA) is 59.1 Å². The Labute approximate surface area is 127 Å². The van der Waals surface area contributed by atoms with Crippen molar-refractivity contribution in [3.63, 3.8) is 0 Å². The summed E-state index contributed by atoms with van der Waals surface area (Å²) >= 11 is 0. The first kappa shape index (κ1) is 16.0. The second-order valence-electron chi connectivity index (χ2n) is 5.63. The van der Waals surface area contributed by atoms with Crippen LogP contribution in [0.2, 0.25) is 0 Å². The minimum atomic E-state index is 0.415. The lowest BCUT2D eigenvalue weighted by Crippen LogP contribution is -2.41. The van der Waals surface area contributed by atoms with Crippen molar-refractivity contribution in [3.8, 4) is 0 Å². The average Bonchev–Trinajstić information content (AvgIpc) is 2.42. The van der Waals surface area contributed by atoms with Gasteiger partial charge >= 0.3 is 0 Å². The van der Waals surface area contributed by atoms with Gasteiger partial charge in [-0.05, 0) is 40.0 Å². The maximum absolute atomic E-state index is 5.62. The van der Waals surface area contributed by atoms with E-state index in [-0.39, 0.29) is 0 Å². The summed E-state index contributed by atoms with van der Waals surface area (Å²) in [6.45, 7) is 10.0. The standard InChI is InChI=1S/C16H28N4O/c1-5-8-14-19-15(17-6-2)11(4)16(20-14)18-12-9-13(10-12)21-7-3/h12-13H,5-10H2,1-4H3,(H2,17,18,19,20). The van der Waals surface area contributed by atoms with Crippen LogP contribution in [0.1, 0.15) is 51.4 Å². The summed E-state index contributed by atoms with van der Waals surface area (Å²) < 4.78 is 5.62. The Morgan fingerprint density at radius 3 is 2.48 bits per heavy atom. The normalized spacial score (nSPS) is 21.0. The summed E-state index contributed by atoms with van der Waals surface area (Å²) in [5.74, 6) is 2.85. The van der Waals surface area contributed by atoms with Gasteiger partial charge in [-0.25, -0.2) is 9.97 Å². The predicted molar refractivity (Wildman–Crippen MR) is 87.0 cm³/mol. The number of nitrogens with one attached hydrogen (secondary N) is 2. The molecule has 0 spiro atoms. The van der Waals surface area contributed by atoms with Crippen LogP contribution in [-0.2, 0) is 11.2 Å². The predicted octanol–water partition coefficient (Wildman–Crippen LogP) is 3.15. The van der Waals surface area contributed by atoms with Gasteiger partial charge in [0.15, 0.2) is 0 Å². The van der Waals surface area contributed by atoms with Crippen LogP contribution < -0.4 is 10.6 Å². The highest BCUT2D eigenvalue weighted by molar-refractivity contribution is 5.57. The number of aromatic nitrogens is 2. The van der Waals surface area contributed by atoms with Crippen LogP contribution in [0, 0.1) is 6.92 Å². The average molecular weight is 292 g/mol. The summed E-state index contributed by atoms with van der Waals surface area (Å²) in [5.41, 5.74) is 1.11. The zero-order valence-electron chi connectivity index (χ0n) is 13.7. The maximum atomic E-state index is 5.62. The third-order valence-corrected chi connectivity index (χ3v) is 3.85. The molecule has 0 radical (unpaired) electrons. The fourth-order valence-electron chi connectivity index (χ4n) is 2.63. The maximum Gasteiger partial charge on any atom is 0.134 e. The molecule has 1 heterocycles. The van der Waals surface area contributed by atoms with E-state index in [0.717, 1.165) is 61.9 Å². The quantitative estimate of drug-likeness (QED) is 0.771. The molecule has 1 saturated carbocycles. The Kier molecular flexibility index (Phi) is 5.79. The first-order valence-corrected chi connectivity index (χ1v) is 8.17. The molecule has 0 bridgehead atoms. The van der Waals surface area contributed by atoms with E-state index in [9.17, 15) is 0 Å². The van der Waals surface area contributed by atoms with Gasteiger partial charge in [0.05, 0.1) is 6.10 Å². The van der Waals surface area contributed by atoms with Crippen molar-refractivity contribution < 1.29 is 4.74 Å². The molecule has 1 aromatic heterocycles. The zero-order valence-corrected chi connectivity index (χ0v) is 13.7. The molecule has 0 saturated heterocycles. The first-order valence-electron chi connectivity index (χ1n) is 8.17. The number of hydrogen-bond donors (Lipinski definition) is 2. The Balaban J connectivity index is 2.07. The van der Waals surface area contributed by atoms with Crippen molar-refractivity contribution in [2.24, 2.45) is 0 Å². The largest absolute Gasteiger partial charge is 0.378 e. The lowest BCUT2D eigenvalue weighted by atomic mass is 9.89. The van der Waals surface area contributed by atoms with Crippen LogP contribution in [0.3, 0.4) is 0 Å². The SMILES string of the molecule is CCCc1nc(NCC)c(C)c(NC2CC(OCC)C2)n1. The minimum absolute atomic E-state index is 0.415. The van der Waals surface area contributed by atoms with Gasteiger partial charge in [0, 0.05) is 31.2 Å². The third kappa shape index (κ3) is 4.06. The van der Waals surface area contributed by atoms with E-state index in [2.05, 4.69) is 43.3 Å². The van der Waals surface area contributed by atoms with Gasteiger partial charge in [-0.1, -0.05) is 6.92 Å². The molecule has 21 heavy (non-hydrogen) atoms. The van der Waals surface area contributed by atoms with E-state index in [1.54, 1.807) is 0 Å². The molecule has 0 aliphatic heterocycles. The number of nitrogens with zero attached hydrogens (tertiary/aromatic N) is 2. The Bertz CT molecular complexity index is 458. The minimum Gasteiger partial charge on any atom is -0.378 e. The fourth-order valence-corrected chi connectivity index (χ4v) is 2.63. The van der Waals surface area contributed by atoms with Crippen molar-refractivity contribution in [1.82, 2.24) is 9.97 Å². The van der Waals surface area contributed by atoms with Crippen molar-refractivity contribution in [2.75, 3.05) is 23.8 Å². The third-order valence-electron chi connectivity index (χ3n) is 3.85. The Morgan fingerprint density at radius 2 is 1.86 bits per heavy atom. The van der Waals surface area contributed by atoms with Gasteiger partial charge in [0.1, 0.15) is 17.5 Å². The number of ether oxygens (including phenoxy) is 1. The molecule has 1 fully saturated rings. The molecule has 0 amide bonds. The van der Waals surface area contributed by atoms with E-state index < -0.39 is 0 Å². The fraction of sp³-hybridized carbons (Fsp3) is 0.750. The summed E-state index contributed by atoms with van der Waals surface area (Å²) in [7, 11) is 0. The smallest absolute Gasteiger partial charge is 0.134 e. The van der Waals surface area contributed by atoms with Crippen LogP contribution in [0.25, 0.3) is 0 Å². The molecule has 5 nitrogen and oxygen atoms in total.